The average Bonchev–Trinajstić information content (AvgIpc) is 2.85. The summed E-state index contributed by atoms with van der Waals surface area (Å²) in [5.74, 6) is 0.0545. The van der Waals surface area contributed by atoms with Gasteiger partial charge in [0, 0.05) is 18.3 Å². The van der Waals surface area contributed by atoms with Gasteiger partial charge in [-0.1, -0.05) is 6.07 Å². The first-order chi connectivity index (χ1) is 8.13. The number of pyridine rings is 1. The predicted molar refractivity (Wildman–Crippen MR) is 60.1 cm³/mol. The lowest BCUT2D eigenvalue weighted by Crippen LogP contribution is -2.36. The molecule has 3 rings (SSSR count). The Kier molecular flexibility index (Phi) is 1.97. The van der Waals surface area contributed by atoms with Gasteiger partial charge < -0.3 is 16.4 Å². The quantitative estimate of drug-likeness (QED) is 0.585. The molecule has 0 aliphatic carbocycles. The minimum absolute atomic E-state index is 0.109. The fraction of sp³-hybridized carbons (Fsp3) is 0.364. The fourth-order valence-electron chi connectivity index (χ4n) is 2.61. The lowest BCUT2D eigenvalue weighted by Gasteiger charge is -2.19. The number of nitrogens with zero attached hydrogens (tertiary/aromatic N) is 1. The molecule has 1 aromatic rings. The summed E-state index contributed by atoms with van der Waals surface area (Å²) in [6, 6.07) is 3.20. The van der Waals surface area contributed by atoms with E-state index in [-0.39, 0.29) is 5.91 Å². The van der Waals surface area contributed by atoms with Crippen molar-refractivity contribution in [2.75, 3.05) is 11.9 Å². The molecule has 0 radical (unpaired) electrons. The van der Waals surface area contributed by atoms with Crippen molar-refractivity contribution in [3.05, 3.63) is 23.9 Å². The van der Waals surface area contributed by atoms with E-state index in [2.05, 4.69) is 15.6 Å². The summed E-state index contributed by atoms with van der Waals surface area (Å²) in [6.45, 7) is 0.422. The molecule has 17 heavy (non-hydrogen) atoms. The largest absolute Gasteiger partial charge is 0.368 e. The van der Waals surface area contributed by atoms with Crippen LogP contribution in [0, 0.1) is 0 Å². The Hall–Kier alpha value is -1.95. The maximum atomic E-state index is 12.1. The van der Waals surface area contributed by atoms with Gasteiger partial charge in [0.25, 0.3) is 0 Å². The van der Waals surface area contributed by atoms with E-state index >= 15 is 0 Å². The van der Waals surface area contributed by atoms with Gasteiger partial charge in [-0.15, -0.1) is 0 Å². The molecule has 1 aromatic heterocycles. The zero-order chi connectivity index (χ0) is 12.0. The van der Waals surface area contributed by atoms with Crippen LogP contribution in [0.15, 0.2) is 18.3 Å². The number of anilines is 1. The van der Waals surface area contributed by atoms with E-state index < -0.39 is 17.4 Å². The summed E-state index contributed by atoms with van der Waals surface area (Å²) in [5.41, 5.74) is 5.42. The van der Waals surface area contributed by atoms with Crippen LogP contribution in [0.4, 0.5) is 5.82 Å². The lowest BCUT2D eigenvalue weighted by molar-refractivity contribution is -0.120. The standard InChI is InChI=1S/C11H12N4O2/c12-8(16)7-4-11(5-14-7)6-2-1-3-13-9(6)15-10(11)17/h1-3,7,14H,4-5H2,(H2,12,16)(H,13,15,17). The second-order valence-electron chi connectivity index (χ2n) is 4.48. The smallest absolute Gasteiger partial charge is 0.237 e. The minimum Gasteiger partial charge on any atom is -0.368 e. The van der Waals surface area contributed by atoms with E-state index in [0.29, 0.717) is 18.8 Å². The van der Waals surface area contributed by atoms with Crippen LogP contribution in [0.2, 0.25) is 0 Å². The molecule has 4 N–H and O–H groups in total. The first-order valence-corrected chi connectivity index (χ1v) is 5.43. The van der Waals surface area contributed by atoms with Crippen LogP contribution in [0.5, 0.6) is 0 Å². The Morgan fingerprint density at radius 2 is 2.41 bits per heavy atom. The normalized spacial score (nSPS) is 30.4. The van der Waals surface area contributed by atoms with Crippen LogP contribution >= 0.6 is 0 Å². The van der Waals surface area contributed by atoms with Gasteiger partial charge in [0.1, 0.15) is 5.82 Å². The van der Waals surface area contributed by atoms with Crippen LogP contribution in [0.25, 0.3) is 0 Å². The van der Waals surface area contributed by atoms with Crippen molar-refractivity contribution >= 4 is 17.6 Å². The zero-order valence-electron chi connectivity index (χ0n) is 9.06. The van der Waals surface area contributed by atoms with E-state index in [9.17, 15) is 9.59 Å². The number of amides is 2. The molecule has 2 amide bonds. The van der Waals surface area contributed by atoms with Crippen LogP contribution in [-0.4, -0.2) is 29.4 Å². The lowest BCUT2D eigenvalue weighted by atomic mass is 9.80. The van der Waals surface area contributed by atoms with E-state index in [0.717, 1.165) is 5.56 Å². The van der Waals surface area contributed by atoms with Gasteiger partial charge >= 0.3 is 0 Å². The molecule has 1 fully saturated rings. The second-order valence-corrected chi connectivity index (χ2v) is 4.48. The molecule has 88 valence electrons. The average molecular weight is 232 g/mol. The number of primary amides is 1. The number of hydrogen-bond acceptors (Lipinski definition) is 4. The minimum atomic E-state index is -0.691. The molecule has 1 spiro atoms. The Morgan fingerprint density at radius 1 is 1.59 bits per heavy atom. The molecule has 2 atom stereocenters. The maximum absolute atomic E-state index is 12.1. The fourth-order valence-corrected chi connectivity index (χ4v) is 2.61. The third-order valence-corrected chi connectivity index (χ3v) is 3.54. The number of nitrogens with one attached hydrogen (secondary N) is 2. The van der Waals surface area contributed by atoms with Crippen molar-refractivity contribution in [2.24, 2.45) is 5.73 Å². The van der Waals surface area contributed by atoms with E-state index in [1.54, 1.807) is 12.3 Å². The monoisotopic (exact) mass is 232 g/mol. The molecular weight excluding hydrogens is 220 g/mol. The highest BCUT2D eigenvalue weighted by Crippen LogP contribution is 2.42. The highest BCUT2D eigenvalue weighted by molar-refractivity contribution is 6.06. The predicted octanol–water partition coefficient (Wildman–Crippen LogP) is -0.881. The van der Waals surface area contributed by atoms with Gasteiger partial charge in [0.15, 0.2) is 0 Å². The van der Waals surface area contributed by atoms with Crippen molar-refractivity contribution in [1.29, 1.82) is 0 Å². The van der Waals surface area contributed by atoms with Crippen LogP contribution < -0.4 is 16.4 Å². The number of rotatable bonds is 1. The van der Waals surface area contributed by atoms with Crippen molar-refractivity contribution in [3.8, 4) is 0 Å². The number of carbonyl (C=O) groups is 2. The maximum Gasteiger partial charge on any atom is 0.237 e. The number of fused-ring (bicyclic) bond motifs is 2. The van der Waals surface area contributed by atoms with Gasteiger partial charge in [0.05, 0.1) is 11.5 Å². The zero-order valence-corrected chi connectivity index (χ0v) is 9.06. The van der Waals surface area contributed by atoms with Gasteiger partial charge in [-0.25, -0.2) is 4.98 Å². The summed E-state index contributed by atoms with van der Waals surface area (Å²) < 4.78 is 0. The molecular formula is C11H12N4O2. The SMILES string of the molecule is NC(=O)C1CC2(CN1)C(=O)Nc1ncccc12. The van der Waals surface area contributed by atoms with E-state index in [1.165, 1.54) is 0 Å². The molecule has 0 bridgehead atoms. The molecule has 2 aliphatic heterocycles. The van der Waals surface area contributed by atoms with Crippen molar-refractivity contribution < 1.29 is 9.59 Å². The molecule has 2 aliphatic rings. The highest BCUT2D eigenvalue weighted by atomic mass is 16.2. The van der Waals surface area contributed by atoms with Gasteiger partial charge in [-0.3, -0.25) is 9.59 Å². The van der Waals surface area contributed by atoms with Gasteiger partial charge in [-0.2, -0.15) is 0 Å². The highest BCUT2D eigenvalue weighted by Gasteiger charge is 2.53. The summed E-state index contributed by atoms with van der Waals surface area (Å²) >= 11 is 0. The molecule has 0 aromatic carbocycles. The second kappa shape index (κ2) is 3.27. The van der Waals surface area contributed by atoms with Crippen LogP contribution in [0.3, 0.4) is 0 Å². The third-order valence-electron chi connectivity index (χ3n) is 3.54. The Bertz CT molecular complexity index is 516. The molecule has 3 heterocycles. The Labute approximate surface area is 97.6 Å². The first kappa shape index (κ1) is 10.2. The van der Waals surface area contributed by atoms with Crippen LogP contribution in [-0.2, 0) is 15.0 Å². The summed E-state index contributed by atoms with van der Waals surface area (Å²) in [7, 11) is 0. The molecule has 2 unspecified atom stereocenters. The topological polar surface area (TPSA) is 97.1 Å². The van der Waals surface area contributed by atoms with Crippen molar-refractivity contribution in [2.45, 2.75) is 17.9 Å². The molecule has 6 heteroatoms. The Balaban J connectivity index is 2.04. The van der Waals surface area contributed by atoms with E-state index in [4.69, 9.17) is 5.73 Å². The van der Waals surface area contributed by atoms with E-state index in [1.807, 2.05) is 6.07 Å². The third kappa shape index (κ3) is 1.27. The molecule has 1 saturated heterocycles. The summed E-state index contributed by atoms with van der Waals surface area (Å²) in [6.07, 6.45) is 2.03. The number of carbonyl (C=O) groups excluding carboxylic acids is 2. The molecule has 6 nitrogen and oxygen atoms in total. The van der Waals surface area contributed by atoms with Gasteiger partial charge in [-0.05, 0) is 12.5 Å². The summed E-state index contributed by atoms with van der Waals surface area (Å²) in [4.78, 5) is 27.4. The van der Waals surface area contributed by atoms with Gasteiger partial charge in [0.2, 0.25) is 11.8 Å². The number of hydrogen-bond donors (Lipinski definition) is 3. The number of nitrogens with two attached hydrogens (primary N) is 1. The van der Waals surface area contributed by atoms with Crippen molar-refractivity contribution in [3.63, 3.8) is 0 Å². The van der Waals surface area contributed by atoms with Crippen molar-refractivity contribution in [1.82, 2.24) is 10.3 Å². The summed E-state index contributed by atoms with van der Waals surface area (Å²) in [5, 5.41) is 5.74. The number of aromatic nitrogens is 1. The first-order valence-electron chi connectivity index (χ1n) is 5.43. The van der Waals surface area contributed by atoms with Crippen LogP contribution in [0.1, 0.15) is 12.0 Å². The molecule has 0 saturated carbocycles. The Morgan fingerprint density at radius 3 is 3.12 bits per heavy atom.